The number of hydrogen-bond donors (Lipinski definition) is 1. The van der Waals surface area contributed by atoms with E-state index in [2.05, 4.69) is 4.89 Å². The van der Waals surface area contributed by atoms with Crippen molar-refractivity contribution in [1.82, 2.24) is 0 Å². The first-order chi connectivity index (χ1) is 6.06. The Labute approximate surface area is 70.3 Å². The van der Waals surface area contributed by atoms with E-state index in [0.29, 0.717) is 6.07 Å². The van der Waals surface area contributed by atoms with Gasteiger partial charge in [-0.25, -0.2) is 18.0 Å². The molecule has 6 heteroatoms. The molecule has 0 heterocycles. The quantitative estimate of drug-likeness (QED) is 0.418. The van der Waals surface area contributed by atoms with Gasteiger partial charge >= 0.3 is 5.97 Å². The van der Waals surface area contributed by atoms with Crippen LogP contribution in [0.25, 0.3) is 0 Å². The van der Waals surface area contributed by atoms with E-state index in [1.54, 1.807) is 0 Å². The van der Waals surface area contributed by atoms with Crippen molar-refractivity contribution in [3.05, 3.63) is 35.1 Å². The van der Waals surface area contributed by atoms with Crippen molar-refractivity contribution in [2.45, 2.75) is 0 Å². The topological polar surface area (TPSA) is 46.5 Å². The smallest absolute Gasteiger partial charge is 0.295 e. The molecule has 1 aromatic rings. The zero-order valence-electron chi connectivity index (χ0n) is 6.05. The fourth-order valence-corrected chi connectivity index (χ4v) is 0.728. The predicted octanol–water partition coefficient (Wildman–Crippen LogP) is 1.73. The highest BCUT2D eigenvalue weighted by Gasteiger charge is 2.17. The molecule has 0 aliphatic rings. The zero-order chi connectivity index (χ0) is 10.0. The number of carbonyl (C=O) groups excluding carboxylic acids is 1. The Morgan fingerprint density at radius 1 is 1.15 bits per heavy atom. The van der Waals surface area contributed by atoms with Crippen LogP contribution in [0.1, 0.15) is 10.4 Å². The molecule has 0 fully saturated rings. The summed E-state index contributed by atoms with van der Waals surface area (Å²) in [4.78, 5) is 13.6. The highest BCUT2D eigenvalue weighted by molar-refractivity contribution is 5.89. The third-order valence-electron chi connectivity index (χ3n) is 1.31. The van der Waals surface area contributed by atoms with Crippen molar-refractivity contribution in [1.29, 1.82) is 0 Å². The van der Waals surface area contributed by atoms with Crippen LogP contribution in [0, 0.1) is 17.5 Å². The standard InChI is InChI=1S/C7H3F3O3/c8-4-2-6(10)5(9)1-3(4)7(11)13-12/h1-2,12H. The fraction of sp³-hybridized carbons (Fsp3) is 0. The lowest BCUT2D eigenvalue weighted by Gasteiger charge is -1.99. The molecule has 3 nitrogen and oxygen atoms in total. The summed E-state index contributed by atoms with van der Waals surface area (Å²) in [5.74, 6) is -5.62. The number of hydrogen-bond acceptors (Lipinski definition) is 3. The van der Waals surface area contributed by atoms with Gasteiger partial charge in [0.2, 0.25) is 0 Å². The molecule has 0 saturated carbocycles. The monoisotopic (exact) mass is 192 g/mol. The second-order valence-electron chi connectivity index (χ2n) is 2.12. The first-order valence-electron chi connectivity index (χ1n) is 3.06. The molecule has 0 amide bonds. The Kier molecular flexibility index (Phi) is 2.52. The molecule has 0 spiro atoms. The van der Waals surface area contributed by atoms with E-state index < -0.39 is 29.0 Å². The summed E-state index contributed by atoms with van der Waals surface area (Å²) in [6.45, 7) is 0. The molecule has 0 atom stereocenters. The van der Waals surface area contributed by atoms with E-state index in [9.17, 15) is 18.0 Å². The summed E-state index contributed by atoms with van der Waals surface area (Å²) in [7, 11) is 0. The Balaban J connectivity index is 3.23. The minimum absolute atomic E-state index is 0.182. The number of carbonyl (C=O) groups is 1. The predicted molar refractivity (Wildman–Crippen MR) is 34.4 cm³/mol. The van der Waals surface area contributed by atoms with Crippen LogP contribution in [0.3, 0.4) is 0 Å². The fourth-order valence-electron chi connectivity index (χ4n) is 0.728. The van der Waals surface area contributed by atoms with Crippen molar-refractivity contribution < 1.29 is 28.1 Å². The van der Waals surface area contributed by atoms with Gasteiger partial charge in [0.1, 0.15) is 11.4 Å². The lowest BCUT2D eigenvalue weighted by molar-refractivity contribution is -0.183. The highest BCUT2D eigenvalue weighted by Crippen LogP contribution is 2.14. The molecular weight excluding hydrogens is 189 g/mol. The average molecular weight is 192 g/mol. The van der Waals surface area contributed by atoms with Gasteiger partial charge in [0.25, 0.3) is 0 Å². The highest BCUT2D eigenvalue weighted by atomic mass is 19.2. The van der Waals surface area contributed by atoms with E-state index >= 15 is 0 Å². The van der Waals surface area contributed by atoms with Crippen molar-refractivity contribution in [2.24, 2.45) is 0 Å². The van der Waals surface area contributed by atoms with Gasteiger partial charge in [-0.3, -0.25) is 4.89 Å². The van der Waals surface area contributed by atoms with E-state index in [-0.39, 0.29) is 6.07 Å². The van der Waals surface area contributed by atoms with Crippen LogP contribution >= 0.6 is 0 Å². The van der Waals surface area contributed by atoms with E-state index in [1.165, 1.54) is 0 Å². The lowest BCUT2D eigenvalue weighted by Crippen LogP contribution is -2.06. The minimum atomic E-state index is -1.49. The zero-order valence-corrected chi connectivity index (χ0v) is 6.05. The maximum absolute atomic E-state index is 12.6. The Bertz CT molecular complexity index is 351. The van der Waals surface area contributed by atoms with Crippen molar-refractivity contribution in [3.63, 3.8) is 0 Å². The van der Waals surface area contributed by atoms with Gasteiger partial charge in [-0.15, -0.1) is 0 Å². The summed E-state index contributed by atoms with van der Waals surface area (Å²) in [5.41, 5.74) is -0.874. The van der Waals surface area contributed by atoms with E-state index in [0.717, 1.165) is 0 Å². The summed E-state index contributed by atoms with van der Waals surface area (Å²) in [5, 5.41) is 7.84. The van der Waals surface area contributed by atoms with Crippen LogP contribution in [0.4, 0.5) is 13.2 Å². The molecule has 0 saturated heterocycles. The van der Waals surface area contributed by atoms with Gasteiger partial charge in [-0.05, 0) is 6.07 Å². The Hall–Kier alpha value is -1.56. The van der Waals surface area contributed by atoms with Gasteiger partial charge in [-0.2, -0.15) is 5.26 Å². The molecule has 0 aliphatic carbocycles. The summed E-state index contributed by atoms with van der Waals surface area (Å²) >= 11 is 0. The van der Waals surface area contributed by atoms with Crippen LogP contribution in [0.2, 0.25) is 0 Å². The van der Waals surface area contributed by atoms with Gasteiger partial charge in [0, 0.05) is 6.07 Å². The maximum Gasteiger partial charge on any atom is 0.375 e. The third kappa shape index (κ3) is 1.78. The molecular formula is C7H3F3O3. The van der Waals surface area contributed by atoms with Gasteiger partial charge in [-0.1, -0.05) is 0 Å². The molecule has 70 valence electrons. The second-order valence-corrected chi connectivity index (χ2v) is 2.12. The largest absolute Gasteiger partial charge is 0.375 e. The summed E-state index contributed by atoms with van der Waals surface area (Å²) < 4.78 is 37.4. The molecule has 0 bridgehead atoms. The molecule has 0 aromatic heterocycles. The van der Waals surface area contributed by atoms with Gasteiger partial charge in [0.15, 0.2) is 11.6 Å². The SMILES string of the molecule is O=C(OO)c1cc(F)c(F)cc1F. The van der Waals surface area contributed by atoms with Gasteiger partial charge in [0.05, 0.1) is 0 Å². The van der Waals surface area contributed by atoms with Crippen LogP contribution in [-0.4, -0.2) is 11.2 Å². The third-order valence-corrected chi connectivity index (χ3v) is 1.31. The summed E-state index contributed by atoms with van der Waals surface area (Å²) in [6.07, 6.45) is 0. The molecule has 0 aliphatic heterocycles. The first kappa shape index (κ1) is 9.53. The second kappa shape index (κ2) is 3.44. The van der Waals surface area contributed by atoms with Crippen LogP contribution in [-0.2, 0) is 4.89 Å². The Morgan fingerprint density at radius 3 is 2.23 bits per heavy atom. The van der Waals surface area contributed by atoms with Crippen LogP contribution < -0.4 is 0 Å². The molecule has 13 heavy (non-hydrogen) atoms. The van der Waals surface area contributed by atoms with E-state index in [4.69, 9.17) is 5.26 Å². The van der Waals surface area contributed by atoms with E-state index in [1.807, 2.05) is 0 Å². The normalized spacial score (nSPS) is 9.85. The minimum Gasteiger partial charge on any atom is -0.295 e. The molecule has 1 rings (SSSR count). The lowest BCUT2D eigenvalue weighted by atomic mass is 10.2. The molecule has 0 radical (unpaired) electrons. The number of rotatable bonds is 1. The average Bonchev–Trinajstić information content (AvgIpc) is 2.10. The van der Waals surface area contributed by atoms with Crippen molar-refractivity contribution >= 4 is 5.97 Å². The Morgan fingerprint density at radius 2 is 1.69 bits per heavy atom. The molecule has 1 N–H and O–H groups in total. The number of benzene rings is 1. The molecule has 1 aromatic carbocycles. The maximum atomic E-state index is 12.6. The van der Waals surface area contributed by atoms with Crippen LogP contribution in [0.5, 0.6) is 0 Å². The van der Waals surface area contributed by atoms with Crippen LogP contribution in [0.15, 0.2) is 12.1 Å². The van der Waals surface area contributed by atoms with Crippen molar-refractivity contribution in [3.8, 4) is 0 Å². The summed E-state index contributed by atoms with van der Waals surface area (Å²) in [6, 6.07) is 0.477. The van der Waals surface area contributed by atoms with Gasteiger partial charge < -0.3 is 0 Å². The first-order valence-corrected chi connectivity index (χ1v) is 3.06. The number of halogens is 3. The van der Waals surface area contributed by atoms with Crippen molar-refractivity contribution in [2.75, 3.05) is 0 Å². The molecule has 0 unspecified atom stereocenters.